The third-order valence-corrected chi connectivity index (χ3v) is 9.39. The number of rotatable bonds is 9. The standard InChI is InChI=1S/C44H31O3P/c1-5-15-32(16-6-1)37-27-38-30-43(35-20-9-3-10-21-35)44(31-42(38)41(29-37)34-18-7-2-8-19-34)47-48(45-39-23-11-4-12-24-39)46-40-26-25-33-17-13-14-22-36(33)28-40/h1-31H. The van der Waals surface area contributed by atoms with Crippen molar-refractivity contribution in [3.63, 3.8) is 0 Å². The molecular weight excluding hydrogens is 607 g/mol. The van der Waals surface area contributed by atoms with Gasteiger partial charge in [0.05, 0.1) is 0 Å². The monoisotopic (exact) mass is 638 g/mol. The molecule has 0 aromatic heterocycles. The zero-order valence-corrected chi connectivity index (χ0v) is 27.0. The lowest BCUT2D eigenvalue weighted by Gasteiger charge is -2.21. The van der Waals surface area contributed by atoms with Crippen LogP contribution in [0.5, 0.6) is 17.2 Å². The topological polar surface area (TPSA) is 27.7 Å². The lowest BCUT2D eigenvalue weighted by Crippen LogP contribution is -2.03. The van der Waals surface area contributed by atoms with Crippen molar-refractivity contribution >= 4 is 30.1 Å². The second kappa shape index (κ2) is 13.5. The zero-order chi connectivity index (χ0) is 32.1. The minimum Gasteiger partial charge on any atom is -0.409 e. The van der Waals surface area contributed by atoms with Crippen molar-refractivity contribution in [1.29, 1.82) is 0 Å². The van der Waals surface area contributed by atoms with E-state index in [0.29, 0.717) is 17.2 Å². The summed E-state index contributed by atoms with van der Waals surface area (Å²) in [5, 5.41) is 4.42. The first-order valence-electron chi connectivity index (χ1n) is 15.9. The first kappa shape index (κ1) is 29.5. The van der Waals surface area contributed by atoms with Gasteiger partial charge in [-0.15, -0.1) is 0 Å². The highest BCUT2D eigenvalue weighted by molar-refractivity contribution is 7.43. The minimum atomic E-state index is -1.91. The fourth-order valence-corrected chi connectivity index (χ4v) is 6.98. The number of benzene rings is 8. The maximum absolute atomic E-state index is 6.85. The lowest BCUT2D eigenvalue weighted by molar-refractivity contribution is 0.389. The Hall–Kier alpha value is -5.89. The van der Waals surface area contributed by atoms with Crippen LogP contribution in [0, 0.1) is 0 Å². The van der Waals surface area contributed by atoms with Gasteiger partial charge in [-0.2, -0.15) is 0 Å². The Labute approximate surface area is 281 Å². The number of hydrogen-bond acceptors (Lipinski definition) is 3. The third kappa shape index (κ3) is 6.37. The number of para-hydroxylation sites is 1. The fourth-order valence-electron chi connectivity index (χ4n) is 5.98. The normalized spacial score (nSPS) is 11.7. The van der Waals surface area contributed by atoms with E-state index in [4.69, 9.17) is 13.6 Å². The first-order valence-corrected chi connectivity index (χ1v) is 17.0. The molecule has 3 nitrogen and oxygen atoms in total. The van der Waals surface area contributed by atoms with Gasteiger partial charge in [0, 0.05) is 5.56 Å². The summed E-state index contributed by atoms with van der Waals surface area (Å²) in [6.45, 7) is 0. The van der Waals surface area contributed by atoms with Crippen molar-refractivity contribution in [3.8, 4) is 50.6 Å². The van der Waals surface area contributed by atoms with Gasteiger partial charge in [-0.05, 0) is 97.9 Å². The molecule has 4 heteroatoms. The zero-order valence-electron chi connectivity index (χ0n) is 26.1. The molecule has 0 radical (unpaired) electrons. The Morgan fingerprint density at radius 1 is 0.312 bits per heavy atom. The molecule has 1 atom stereocenters. The summed E-state index contributed by atoms with van der Waals surface area (Å²) in [5.74, 6) is 2.03. The van der Waals surface area contributed by atoms with E-state index in [2.05, 4.69) is 109 Å². The van der Waals surface area contributed by atoms with Crippen LogP contribution in [0.3, 0.4) is 0 Å². The molecule has 0 amide bonds. The molecule has 230 valence electrons. The molecule has 8 aromatic rings. The van der Waals surface area contributed by atoms with Crippen molar-refractivity contribution in [2.24, 2.45) is 0 Å². The highest BCUT2D eigenvalue weighted by Crippen LogP contribution is 2.48. The fraction of sp³-hybridized carbons (Fsp3) is 0. The highest BCUT2D eigenvalue weighted by atomic mass is 31.2. The van der Waals surface area contributed by atoms with Crippen LogP contribution in [0.1, 0.15) is 0 Å². The van der Waals surface area contributed by atoms with E-state index in [1.807, 2.05) is 78.9 Å². The molecule has 0 aliphatic heterocycles. The van der Waals surface area contributed by atoms with Gasteiger partial charge in [-0.25, -0.2) is 0 Å². The van der Waals surface area contributed by atoms with E-state index >= 15 is 0 Å². The van der Waals surface area contributed by atoms with Gasteiger partial charge >= 0.3 is 8.60 Å². The highest BCUT2D eigenvalue weighted by Gasteiger charge is 2.24. The summed E-state index contributed by atoms with van der Waals surface area (Å²) >= 11 is 0. The Morgan fingerprint density at radius 3 is 1.56 bits per heavy atom. The SMILES string of the molecule is c1ccc(OP(Oc2ccc3ccccc3c2)Oc2cc3c(-c4ccccc4)cc(-c4ccccc4)cc3cc2-c2ccccc2)cc1. The molecule has 0 N–H and O–H groups in total. The molecular formula is C44H31O3P. The van der Waals surface area contributed by atoms with Crippen molar-refractivity contribution < 1.29 is 13.6 Å². The smallest absolute Gasteiger partial charge is 0.409 e. The van der Waals surface area contributed by atoms with E-state index in [1.165, 1.54) is 5.56 Å². The van der Waals surface area contributed by atoms with E-state index < -0.39 is 8.60 Å². The van der Waals surface area contributed by atoms with Crippen LogP contribution < -0.4 is 13.6 Å². The summed E-state index contributed by atoms with van der Waals surface area (Å²) in [6.07, 6.45) is 0. The Balaban J connectivity index is 1.29. The molecule has 0 heterocycles. The van der Waals surface area contributed by atoms with Gasteiger partial charge in [-0.3, -0.25) is 0 Å². The van der Waals surface area contributed by atoms with Gasteiger partial charge in [0.2, 0.25) is 0 Å². The molecule has 0 aliphatic rings. The van der Waals surface area contributed by atoms with E-state index in [-0.39, 0.29) is 0 Å². The van der Waals surface area contributed by atoms with E-state index in [0.717, 1.165) is 49.4 Å². The van der Waals surface area contributed by atoms with Crippen molar-refractivity contribution in [1.82, 2.24) is 0 Å². The Morgan fingerprint density at radius 2 is 0.875 bits per heavy atom. The van der Waals surface area contributed by atoms with Crippen molar-refractivity contribution in [3.05, 3.63) is 188 Å². The van der Waals surface area contributed by atoms with Crippen LogP contribution in [-0.4, -0.2) is 0 Å². The maximum atomic E-state index is 6.85. The molecule has 0 bridgehead atoms. The van der Waals surface area contributed by atoms with Crippen LogP contribution in [0.4, 0.5) is 0 Å². The molecule has 0 saturated carbocycles. The Bertz CT molecular complexity index is 2310. The molecule has 1 unspecified atom stereocenters. The molecule has 0 spiro atoms. The van der Waals surface area contributed by atoms with E-state index in [9.17, 15) is 0 Å². The summed E-state index contributed by atoms with van der Waals surface area (Å²) in [5.41, 5.74) is 6.58. The lowest BCUT2D eigenvalue weighted by atomic mass is 9.91. The van der Waals surface area contributed by atoms with Gasteiger partial charge < -0.3 is 13.6 Å². The van der Waals surface area contributed by atoms with Crippen LogP contribution >= 0.6 is 8.60 Å². The summed E-state index contributed by atoms with van der Waals surface area (Å²) in [6, 6.07) is 64.3. The van der Waals surface area contributed by atoms with Gasteiger partial charge in [0.1, 0.15) is 17.2 Å². The molecule has 0 aliphatic carbocycles. The summed E-state index contributed by atoms with van der Waals surface area (Å²) in [4.78, 5) is 0. The minimum absolute atomic E-state index is 0.670. The Kier molecular flexibility index (Phi) is 8.27. The predicted molar refractivity (Wildman–Crippen MR) is 199 cm³/mol. The van der Waals surface area contributed by atoms with Crippen LogP contribution in [0.15, 0.2) is 188 Å². The largest absolute Gasteiger partial charge is 0.530 e. The van der Waals surface area contributed by atoms with Crippen LogP contribution in [-0.2, 0) is 0 Å². The summed E-state index contributed by atoms with van der Waals surface area (Å²) < 4.78 is 19.8. The van der Waals surface area contributed by atoms with Gasteiger partial charge in [0.15, 0.2) is 0 Å². The second-order valence-electron chi connectivity index (χ2n) is 11.5. The average molecular weight is 639 g/mol. The molecule has 0 saturated heterocycles. The number of fused-ring (bicyclic) bond motifs is 2. The van der Waals surface area contributed by atoms with Crippen LogP contribution in [0.2, 0.25) is 0 Å². The maximum Gasteiger partial charge on any atom is 0.530 e. The first-order chi connectivity index (χ1) is 23.8. The van der Waals surface area contributed by atoms with Gasteiger partial charge in [0.25, 0.3) is 0 Å². The van der Waals surface area contributed by atoms with E-state index in [1.54, 1.807) is 0 Å². The average Bonchev–Trinajstić information content (AvgIpc) is 3.15. The summed E-state index contributed by atoms with van der Waals surface area (Å²) in [7, 11) is -1.91. The van der Waals surface area contributed by atoms with Crippen molar-refractivity contribution in [2.45, 2.75) is 0 Å². The number of hydrogen-bond donors (Lipinski definition) is 0. The second-order valence-corrected chi connectivity index (χ2v) is 12.5. The van der Waals surface area contributed by atoms with Gasteiger partial charge in [-0.1, -0.05) is 140 Å². The third-order valence-electron chi connectivity index (χ3n) is 8.33. The quantitative estimate of drug-likeness (QED) is 0.147. The molecule has 0 fully saturated rings. The van der Waals surface area contributed by atoms with Crippen molar-refractivity contribution in [2.75, 3.05) is 0 Å². The molecule has 8 aromatic carbocycles. The molecule has 8 rings (SSSR count). The predicted octanol–water partition coefficient (Wildman–Crippen LogP) is 12.8. The van der Waals surface area contributed by atoms with Crippen LogP contribution in [0.25, 0.3) is 54.9 Å². The molecule has 48 heavy (non-hydrogen) atoms.